The molecule has 0 spiro atoms. The summed E-state index contributed by atoms with van der Waals surface area (Å²) in [6, 6.07) is 24.5. The van der Waals surface area contributed by atoms with Gasteiger partial charge in [-0.3, -0.25) is 0 Å². The van der Waals surface area contributed by atoms with Crippen molar-refractivity contribution in [1.29, 1.82) is 0 Å². The number of nitrogens with one attached hydrogen (secondary N) is 2. The summed E-state index contributed by atoms with van der Waals surface area (Å²) < 4.78 is 5.41. The van der Waals surface area contributed by atoms with Crippen molar-refractivity contribution in [2.24, 2.45) is 0 Å². The maximum Gasteiger partial charge on any atom is 0.119 e. The van der Waals surface area contributed by atoms with E-state index in [0.29, 0.717) is 0 Å². The van der Waals surface area contributed by atoms with Crippen molar-refractivity contribution >= 4 is 22.1 Å². The zero-order chi connectivity index (χ0) is 19.6. The predicted molar refractivity (Wildman–Crippen MR) is 115 cm³/mol. The molecule has 0 radical (unpaired) electrons. The second-order valence-electron chi connectivity index (χ2n) is 7.30. The van der Waals surface area contributed by atoms with Crippen LogP contribution in [-0.2, 0) is 12.8 Å². The number of ether oxygens (including phenoxy) is 1. The van der Waals surface area contributed by atoms with E-state index in [9.17, 15) is 0 Å². The molecule has 0 aliphatic carbocycles. The van der Waals surface area contributed by atoms with Crippen LogP contribution in [0, 0.1) is 0 Å². The highest BCUT2D eigenvalue weighted by atomic mass is 16.5. The smallest absolute Gasteiger partial charge is 0.119 e. The van der Waals surface area contributed by atoms with E-state index in [1.165, 1.54) is 5.56 Å². The molecule has 5 aromatic rings. The number of methoxy groups -OCH3 is 1. The molecular weight excluding hydrogens is 360 g/mol. The number of imidazole rings is 2. The topological polar surface area (TPSA) is 66.6 Å². The number of para-hydroxylation sites is 4. The molecule has 5 nitrogen and oxygen atoms in total. The molecule has 0 bridgehead atoms. The second kappa shape index (κ2) is 7.43. The maximum atomic E-state index is 5.41. The fourth-order valence-electron chi connectivity index (χ4n) is 3.85. The molecule has 0 aliphatic rings. The molecule has 0 amide bonds. The summed E-state index contributed by atoms with van der Waals surface area (Å²) in [5.74, 6) is 2.98. The molecule has 29 heavy (non-hydrogen) atoms. The number of rotatable bonds is 6. The Hall–Kier alpha value is -3.60. The molecule has 2 aromatic heterocycles. The molecule has 1 atom stereocenters. The maximum absolute atomic E-state index is 5.41. The third-order valence-corrected chi connectivity index (χ3v) is 5.29. The largest absolute Gasteiger partial charge is 0.497 e. The van der Waals surface area contributed by atoms with Gasteiger partial charge in [-0.1, -0.05) is 36.4 Å². The SMILES string of the molecule is COc1cccc(C[C@@H](Cc2nc3ccccc3[nH]2)c2nc3ccccc3[nH]2)c1. The monoisotopic (exact) mass is 382 g/mol. The lowest BCUT2D eigenvalue weighted by atomic mass is 9.95. The predicted octanol–water partition coefficient (Wildman–Crippen LogP) is 5.02. The van der Waals surface area contributed by atoms with E-state index in [2.05, 4.69) is 34.2 Å². The van der Waals surface area contributed by atoms with Gasteiger partial charge in [0.15, 0.2) is 0 Å². The van der Waals surface area contributed by atoms with Gasteiger partial charge in [0.05, 0.1) is 29.2 Å². The van der Waals surface area contributed by atoms with Gasteiger partial charge in [-0.2, -0.15) is 0 Å². The van der Waals surface area contributed by atoms with Crippen molar-refractivity contribution in [3.05, 3.63) is 90.0 Å². The summed E-state index contributed by atoms with van der Waals surface area (Å²) in [4.78, 5) is 16.6. The number of nitrogens with zero attached hydrogens (tertiary/aromatic N) is 2. The summed E-state index contributed by atoms with van der Waals surface area (Å²) in [6.07, 6.45) is 1.61. The third-order valence-electron chi connectivity index (χ3n) is 5.29. The van der Waals surface area contributed by atoms with E-state index in [1.54, 1.807) is 7.11 Å². The molecule has 5 heteroatoms. The highest BCUT2D eigenvalue weighted by Crippen LogP contribution is 2.27. The van der Waals surface area contributed by atoms with Crippen molar-refractivity contribution in [3.8, 4) is 5.75 Å². The van der Waals surface area contributed by atoms with Gasteiger partial charge in [-0.15, -0.1) is 0 Å². The van der Waals surface area contributed by atoms with Crippen LogP contribution in [0.5, 0.6) is 5.75 Å². The van der Waals surface area contributed by atoms with E-state index in [4.69, 9.17) is 14.7 Å². The van der Waals surface area contributed by atoms with Gasteiger partial charge < -0.3 is 14.7 Å². The van der Waals surface area contributed by atoms with Crippen LogP contribution in [0.4, 0.5) is 0 Å². The first-order valence-electron chi connectivity index (χ1n) is 9.80. The Morgan fingerprint density at radius 2 is 1.52 bits per heavy atom. The molecule has 2 heterocycles. The minimum Gasteiger partial charge on any atom is -0.497 e. The van der Waals surface area contributed by atoms with Crippen LogP contribution in [-0.4, -0.2) is 27.0 Å². The Morgan fingerprint density at radius 3 is 2.24 bits per heavy atom. The summed E-state index contributed by atoms with van der Waals surface area (Å²) >= 11 is 0. The first-order valence-corrected chi connectivity index (χ1v) is 9.80. The van der Waals surface area contributed by atoms with Crippen molar-refractivity contribution in [1.82, 2.24) is 19.9 Å². The Kier molecular flexibility index (Phi) is 4.48. The number of hydrogen-bond donors (Lipinski definition) is 2. The minimum absolute atomic E-state index is 0.162. The molecule has 144 valence electrons. The summed E-state index contributed by atoms with van der Waals surface area (Å²) in [7, 11) is 1.70. The zero-order valence-corrected chi connectivity index (χ0v) is 16.2. The zero-order valence-electron chi connectivity index (χ0n) is 16.2. The number of H-pyrrole nitrogens is 2. The number of fused-ring (bicyclic) bond motifs is 2. The van der Waals surface area contributed by atoms with Crippen molar-refractivity contribution < 1.29 is 4.74 Å². The molecule has 0 aliphatic heterocycles. The number of benzene rings is 3. The quantitative estimate of drug-likeness (QED) is 0.433. The fourth-order valence-corrected chi connectivity index (χ4v) is 3.85. The first kappa shape index (κ1) is 17.5. The lowest BCUT2D eigenvalue weighted by molar-refractivity contribution is 0.414. The van der Waals surface area contributed by atoms with Crippen LogP contribution < -0.4 is 4.74 Å². The average molecular weight is 382 g/mol. The summed E-state index contributed by atoms with van der Waals surface area (Å²) in [5, 5.41) is 0. The van der Waals surface area contributed by atoms with Crippen molar-refractivity contribution in [2.75, 3.05) is 7.11 Å². The molecular formula is C24H22N4O. The molecule has 2 N–H and O–H groups in total. The van der Waals surface area contributed by atoms with Crippen LogP contribution in [0.25, 0.3) is 22.1 Å². The van der Waals surface area contributed by atoms with Crippen molar-refractivity contribution in [2.45, 2.75) is 18.8 Å². The highest BCUT2D eigenvalue weighted by molar-refractivity contribution is 5.75. The third kappa shape index (κ3) is 3.59. The second-order valence-corrected chi connectivity index (χ2v) is 7.30. The number of aromatic nitrogens is 4. The van der Waals surface area contributed by atoms with E-state index in [1.807, 2.05) is 48.5 Å². The minimum atomic E-state index is 0.162. The van der Waals surface area contributed by atoms with E-state index >= 15 is 0 Å². The molecule has 3 aromatic carbocycles. The van der Waals surface area contributed by atoms with Gasteiger partial charge in [0.2, 0.25) is 0 Å². The Balaban J connectivity index is 1.52. The fraction of sp³-hybridized carbons (Fsp3) is 0.167. The Morgan fingerprint density at radius 1 is 0.793 bits per heavy atom. The van der Waals surface area contributed by atoms with E-state index in [-0.39, 0.29) is 5.92 Å². The number of aromatic amines is 2. The standard InChI is InChI=1S/C24H22N4O/c1-29-18-8-6-7-16(14-18)13-17(24-27-21-11-4-5-12-22(21)28-24)15-23-25-19-9-2-3-10-20(19)26-23/h2-12,14,17H,13,15H2,1H3,(H,25,26)(H,27,28)/t17-/m0/s1. The van der Waals surface area contributed by atoms with Gasteiger partial charge in [0.1, 0.15) is 17.4 Å². The van der Waals surface area contributed by atoms with Gasteiger partial charge in [0, 0.05) is 12.3 Å². The van der Waals surface area contributed by atoms with Crippen LogP contribution in [0.3, 0.4) is 0 Å². The molecule has 0 saturated heterocycles. The van der Waals surface area contributed by atoms with Crippen LogP contribution >= 0.6 is 0 Å². The summed E-state index contributed by atoms with van der Waals surface area (Å²) in [5.41, 5.74) is 5.32. The normalized spacial score (nSPS) is 12.4. The molecule has 0 fully saturated rings. The van der Waals surface area contributed by atoms with Gasteiger partial charge >= 0.3 is 0 Å². The lowest BCUT2D eigenvalue weighted by Gasteiger charge is -2.14. The molecule has 5 rings (SSSR count). The number of hydrogen-bond acceptors (Lipinski definition) is 3. The summed E-state index contributed by atoms with van der Waals surface area (Å²) in [6.45, 7) is 0. The van der Waals surface area contributed by atoms with Crippen molar-refractivity contribution in [3.63, 3.8) is 0 Å². The van der Waals surface area contributed by atoms with Gasteiger partial charge in [-0.25, -0.2) is 9.97 Å². The Bertz CT molecular complexity index is 1200. The lowest BCUT2D eigenvalue weighted by Crippen LogP contribution is -2.10. The highest BCUT2D eigenvalue weighted by Gasteiger charge is 2.19. The van der Waals surface area contributed by atoms with Crippen LogP contribution in [0.15, 0.2) is 72.8 Å². The Labute approximate surface area is 168 Å². The van der Waals surface area contributed by atoms with E-state index in [0.717, 1.165) is 52.3 Å². The van der Waals surface area contributed by atoms with Crippen LogP contribution in [0.2, 0.25) is 0 Å². The molecule has 0 saturated carbocycles. The molecule has 0 unspecified atom stereocenters. The van der Waals surface area contributed by atoms with Gasteiger partial charge in [-0.05, 0) is 48.4 Å². The van der Waals surface area contributed by atoms with Gasteiger partial charge in [0.25, 0.3) is 0 Å². The van der Waals surface area contributed by atoms with Crippen LogP contribution in [0.1, 0.15) is 23.1 Å². The van der Waals surface area contributed by atoms with E-state index < -0.39 is 0 Å². The average Bonchev–Trinajstić information content (AvgIpc) is 3.37. The first-order chi connectivity index (χ1) is 14.3.